The van der Waals surface area contributed by atoms with Gasteiger partial charge in [-0.05, 0) is 18.4 Å². The van der Waals surface area contributed by atoms with Crippen LogP contribution < -0.4 is 16.0 Å². The lowest BCUT2D eigenvalue weighted by Crippen LogP contribution is -2.53. The highest BCUT2D eigenvalue weighted by atomic mass is 16.2. The van der Waals surface area contributed by atoms with Crippen molar-refractivity contribution in [2.75, 3.05) is 13.6 Å². The number of imide groups is 1. The molecule has 1 aliphatic carbocycles. The van der Waals surface area contributed by atoms with Crippen LogP contribution in [0.25, 0.3) is 0 Å². The van der Waals surface area contributed by atoms with E-state index in [1.807, 2.05) is 30.3 Å². The highest BCUT2D eigenvalue weighted by Crippen LogP contribution is 2.37. The molecule has 2 atom stereocenters. The quantitative estimate of drug-likeness (QED) is 0.725. The van der Waals surface area contributed by atoms with Crippen molar-refractivity contribution >= 4 is 18.0 Å². The third-order valence-corrected chi connectivity index (χ3v) is 4.90. The average molecular weight is 330 g/mol. The Labute approximate surface area is 140 Å². The number of carbonyl (C=O) groups is 3. The van der Waals surface area contributed by atoms with Crippen LogP contribution in [0.15, 0.2) is 30.3 Å². The third-order valence-electron chi connectivity index (χ3n) is 4.90. The molecule has 7 nitrogen and oxygen atoms in total. The maximum atomic E-state index is 12.3. The van der Waals surface area contributed by atoms with Crippen molar-refractivity contribution in [2.24, 2.45) is 5.92 Å². The van der Waals surface area contributed by atoms with Gasteiger partial charge in [0.25, 0.3) is 5.91 Å². The third kappa shape index (κ3) is 3.06. The van der Waals surface area contributed by atoms with Gasteiger partial charge in [0.05, 0.1) is 0 Å². The zero-order chi connectivity index (χ0) is 17.2. The first-order valence-electron chi connectivity index (χ1n) is 8.18. The Morgan fingerprint density at radius 1 is 1.33 bits per heavy atom. The average Bonchev–Trinajstić information content (AvgIpc) is 3.09. The number of rotatable bonds is 4. The van der Waals surface area contributed by atoms with Gasteiger partial charge in [0.15, 0.2) is 0 Å². The van der Waals surface area contributed by atoms with Crippen LogP contribution in [0.1, 0.15) is 24.8 Å². The van der Waals surface area contributed by atoms with Gasteiger partial charge in [0, 0.05) is 26.1 Å². The molecule has 0 aromatic heterocycles. The highest BCUT2D eigenvalue weighted by molar-refractivity contribution is 6.07. The molecule has 1 saturated heterocycles. The van der Waals surface area contributed by atoms with Crippen molar-refractivity contribution in [1.82, 2.24) is 20.9 Å². The summed E-state index contributed by atoms with van der Waals surface area (Å²) in [6.45, 7) is 0.880. The largest absolute Gasteiger partial charge is 0.338 e. The Kier molecular flexibility index (Phi) is 4.42. The van der Waals surface area contributed by atoms with Gasteiger partial charge >= 0.3 is 12.1 Å². The molecular formula is C17H22N4O3. The van der Waals surface area contributed by atoms with Crippen molar-refractivity contribution in [3.8, 4) is 0 Å². The fourth-order valence-electron chi connectivity index (χ4n) is 3.60. The Hall–Kier alpha value is -2.57. The minimum Gasteiger partial charge on any atom is -0.338 e. The second kappa shape index (κ2) is 6.51. The SMILES string of the molecule is CN(Cc1ccccc1)C(=O)NCC1CCCC12NC(=O)NC2=O. The molecule has 7 heteroatoms. The first kappa shape index (κ1) is 16.3. The summed E-state index contributed by atoms with van der Waals surface area (Å²) in [5.41, 5.74) is 0.192. The maximum absolute atomic E-state index is 12.3. The number of urea groups is 2. The van der Waals surface area contributed by atoms with Crippen LogP contribution in [-0.2, 0) is 11.3 Å². The molecule has 128 valence electrons. The van der Waals surface area contributed by atoms with E-state index < -0.39 is 11.6 Å². The number of nitrogens with one attached hydrogen (secondary N) is 3. The fourth-order valence-corrected chi connectivity index (χ4v) is 3.60. The summed E-state index contributed by atoms with van der Waals surface area (Å²) in [6.07, 6.45) is 2.27. The number of carbonyl (C=O) groups excluding carboxylic acids is 3. The van der Waals surface area contributed by atoms with E-state index in [2.05, 4.69) is 16.0 Å². The Balaban J connectivity index is 1.56. The summed E-state index contributed by atoms with van der Waals surface area (Å²) in [5, 5.41) is 7.95. The van der Waals surface area contributed by atoms with Gasteiger partial charge < -0.3 is 15.5 Å². The highest BCUT2D eigenvalue weighted by Gasteiger charge is 2.54. The van der Waals surface area contributed by atoms with Crippen molar-refractivity contribution in [1.29, 1.82) is 0 Å². The van der Waals surface area contributed by atoms with E-state index in [1.54, 1.807) is 11.9 Å². The topological polar surface area (TPSA) is 90.5 Å². The minimum atomic E-state index is -0.859. The van der Waals surface area contributed by atoms with Crippen molar-refractivity contribution in [3.63, 3.8) is 0 Å². The lowest BCUT2D eigenvalue weighted by molar-refractivity contribution is -0.125. The van der Waals surface area contributed by atoms with Gasteiger partial charge in [0.2, 0.25) is 0 Å². The number of benzene rings is 1. The van der Waals surface area contributed by atoms with Crippen LogP contribution >= 0.6 is 0 Å². The molecule has 2 unspecified atom stereocenters. The molecule has 0 radical (unpaired) electrons. The molecule has 1 heterocycles. The Morgan fingerprint density at radius 3 is 2.75 bits per heavy atom. The second-order valence-electron chi connectivity index (χ2n) is 6.50. The molecule has 1 aromatic carbocycles. The summed E-state index contributed by atoms with van der Waals surface area (Å²) in [7, 11) is 1.73. The van der Waals surface area contributed by atoms with E-state index in [0.29, 0.717) is 19.5 Å². The molecule has 5 amide bonds. The standard InChI is InChI=1S/C17H22N4O3/c1-21(11-12-6-3-2-4-7-12)16(24)18-10-13-8-5-9-17(13)14(22)19-15(23)20-17/h2-4,6-7,13H,5,8-11H2,1H3,(H,18,24)(H2,19,20,22,23). The van der Waals surface area contributed by atoms with Crippen molar-refractivity contribution in [3.05, 3.63) is 35.9 Å². The second-order valence-corrected chi connectivity index (χ2v) is 6.50. The molecule has 1 spiro atoms. The van der Waals surface area contributed by atoms with E-state index >= 15 is 0 Å². The summed E-state index contributed by atoms with van der Waals surface area (Å²) < 4.78 is 0. The molecule has 1 aliphatic heterocycles. The lowest BCUT2D eigenvalue weighted by Gasteiger charge is -2.29. The number of nitrogens with zero attached hydrogens (tertiary/aromatic N) is 1. The van der Waals surface area contributed by atoms with Gasteiger partial charge in [0.1, 0.15) is 5.54 Å². The van der Waals surface area contributed by atoms with Crippen LogP contribution in [0.4, 0.5) is 9.59 Å². The molecule has 3 rings (SSSR count). The number of hydrogen-bond acceptors (Lipinski definition) is 3. The minimum absolute atomic E-state index is 0.0852. The van der Waals surface area contributed by atoms with E-state index in [1.165, 1.54) is 0 Å². The van der Waals surface area contributed by atoms with Gasteiger partial charge in [-0.3, -0.25) is 10.1 Å². The molecule has 2 fully saturated rings. The molecule has 24 heavy (non-hydrogen) atoms. The molecule has 2 aliphatic rings. The Morgan fingerprint density at radius 2 is 2.08 bits per heavy atom. The predicted molar refractivity (Wildman–Crippen MR) is 88.1 cm³/mol. The van der Waals surface area contributed by atoms with Crippen LogP contribution in [0.5, 0.6) is 0 Å². The van der Waals surface area contributed by atoms with Gasteiger partial charge in [-0.25, -0.2) is 9.59 Å². The van der Waals surface area contributed by atoms with Crippen LogP contribution in [-0.4, -0.2) is 42.0 Å². The summed E-state index contributed by atoms with van der Waals surface area (Å²) >= 11 is 0. The van der Waals surface area contributed by atoms with Crippen LogP contribution in [0.2, 0.25) is 0 Å². The maximum Gasteiger partial charge on any atom is 0.322 e. The summed E-state index contributed by atoms with van der Waals surface area (Å²) in [6, 6.07) is 9.10. The van der Waals surface area contributed by atoms with Crippen LogP contribution in [0.3, 0.4) is 0 Å². The van der Waals surface area contributed by atoms with Crippen molar-refractivity contribution < 1.29 is 14.4 Å². The van der Waals surface area contributed by atoms with E-state index in [4.69, 9.17) is 0 Å². The van der Waals surface area contributed by atoms with E-state index in [0.717, 1.165) is 18.4 Å². The Bertz CT molecular complexity index is 648. The zero-order valence-corrected chi connectivity index (χ0v) is 13.7. The van der Waals surface area contributed by atoms with Gasteiger partial charge in [-0.2, -0.15) is 0 Å². The predicted octanol–water partition coefficient (Wildman–Crippen LogP) is 1.21. The molecule has 1 aromatic rings. The smallest absolute Gasteiger partial charge is 0.322 e. The first-order valence-corrected chi connectivity index (χ1v) is 8.18. The van der Waals surface area contributed by atoms with Crippen LogP contribution in [0, 0.1) is 5.92 Å². The number of amides is 5. The summed E-state index contributed by atoms with van der Waals surface area (Å²) in [5.74, 6) is -0.361. The monoisotopic (exact) mass is 330 g/mol. The summed E-state index contributed by atoms with van der Waals surface area (Å²) in [4.78, 5) is 37.5. The molecule has 3 N–H and O–H groups in total. The van der Waals surface area contributed by atoms with Gasteiger partial charge in [-0.1, -0.05) is 36.8 Å². The normalized spacial score (nSPS) is 25.5. The fraction of sp³-hybridized carbons (Fsp3) is 0.471. The van der Waals surface area contributed by atoms with Crippen molar-refractivity contribution in [2.45, 2.75) is 31.3 Å². The molecular weight excluding hydrogens is 308 g/mol. The lowest BCUT2D eigenvalue weighted by atomic mass is 9.87. The first-order chi connectivity index (χ1) is 11.5. The van der Waals surface area contributed by atoms with E-state index in [9.17, 15) is 14.4 Å². The van der Waals surface area contributed by atoms with Gasteiger partial charge in [-0.15, -0.1) is 0 Å². The molecule has 0 bridgehead atoms. The van der Waals surface area contributed by atoms with E-state index in [-0.39, 0.29) is 17.9 Å². The number of hydrogen-bond donors (Lipinski definition) is 3. The zero-order valence-electron chi connectivity index (χ0n) is 13.7. The molecule has 1 saturated carbocycles.